The Morgan fingerprint density at radius 2 is 2.17 bits per heavy atom. The number of hydrogen-bond acceptors (Lipinski definition) is 3. The fraction of sp³-hybridized carbons (Fsp3) is 0.0769. The fourth-order valence-electron chi connectivity index (χ4n) is 1.49. The molecule has 0 bridgehead atoms. The third kappa shape index (κ3) is 2.81. The van der Waals surface area contributed by atoms with Gasteiger partial charge in [0.05, 0.1) is 10.0 Å². The van der Waals surface area contributed by atoms with E-state index in [1.165, 1.54) is 6.20 Å². The average molecular weight is 323 g/mol. The van der Waals surface area contributed by atoms with E-state index >= 15 is 0 Å². The Morgan fingerprint density at radius 3 is 2.78 bits per heavy atom. The van der Waals surface area contributed by atoms with Crippen LogP contribution in [0.2, 0.25) is 5.02 Å². The van der Waals surface area contributed by atoms with Crippen molar-refractivity contribution in [3.8, 4) is 6.07 Å². The summed E-state index contributed by atoms with van der Waals surface area (Å²) < 4.78 is 0.746. The topological polar surface area (TPSA) is 48.7 Å². The van der Waals surface area contributed by atoms with Gasteiger partial charge in [-0.2, -0.15) is 5.26 Å². The van der Waals surface area contributed by atoms with Gasteiger partial charge >= 0.3 is 0 Å². The Balaban J connectivity index is 2.32. The van der Waals surface area contributed by atoms with Gasteiger partial charge in [0.15, 0.2) is 0 Å². The number of benzene rings is 1. The SMILES string of the molecule is Cc1cc(Cl)ccc1Nc1ncc(C#N)cc1Br. The first-order chi connectivity index (χ1) is 8.60. The lowest BCUT2D eigenvalue weighted by atomic mass is 10.2. The van der Waals surface area contributed by atoms with E-state index in [0.29, 0.717) is 16.4 Å². The predicted octanol–water partition coefficient (Wildman–Crippen LogP) is 4.42. The van der Waals surface area contributed by atoms with Gasteiger partial charge in [0.25, 0.3) is 0 Å². The molecule has 18 heavy (non-hydrogen) atoms. The molecule has 0 radical (unpaired) electrons. The zero-order valence-corrected chi connectivity index (χ0v) is 11.9. The third-order valence-electron chi connectivity index (χ3n) is 2.41. The Hall–Kier alpha value is -1.57. The molecule has 1 heterocycles. The molecule has 0 aliphatic carbocycles. The number of aryl methyl sites for hydroxylation is 1. The lowest BCUT2D eigenvalue weighted by Gasteiger charge is -2.10. The first kappa shape index (κ1) is 12.9. The van der Waals surface area contributed by atoms with Gasteiger partial charge in [0.2, 0.25) is 0 Å². The molecular formula is C13H9BrClN3. The van der Waals surface area contributed by atoms with E-state index in [2.05, 4.69) is 26.2 Å². The van der Waals surface area contributed by atoms with Crippen LogP contribution in [-0.2, 0) is 0 Å². The van der Waals surface area contributed by atoms with Gasteiger partial charge in [0, 0.05) is 16.9 Å². The van der Waals surface area contributed by atoms with Crippen molar-refractivity contribution in [1.29, 1.82) is 5.26 Å². The van der Waals surface area contributed by atoms with Gasteiger partial charge in [-0.1, -0.05) is 11.6 Å². The Bertz CT molecular complexity index is 635. The smallest absolute Gasteiger partial charge is 0.144 e. The van der Waals surface area contributed by atoms with Gasteiger partial charge in [-0.15, -0.1) is 0 Å². The Morgan fingerprint density at radius 1 is 1.39 bits per heavy atom. The number of hydrogen-bond donors (Lipinski definition) is 1. The lowest BCUT2D eigenvalue weighted by Crippen LogP contribution is -1.97. The number of anilines is 2. The van der Waals surface area contributed by atoms with Gasteiger partial charge < -0.3 is 5.32 Å². The van der Waals surface area contributed by atoms with Crippen LogP contribution in [0.5, 0.6) is 0 Å². The van der Waals surface area contributed by atoms with Crippen LogP contribution in [0.3, 0.4) is 0 Å². The molecule has 0 aliphatic rings. The first-order valence-electron chi connectivity index (χ1n) is 5.19. The number of rotatable bonds is 2. The summed E-state index contributed by atoms with van der Waals surface area (Å²) >= 11 is 9.28. The molecule has 1 aromatic carbocycles. The fourth-order valence-corrected chi connectivity index (χ4v) is 2.16. The van der Waals surface area contributed by atoms with Crippen LogP contribution in [0.25, 0.3) is 0 Å². The Kier molecular flexibility index (Phi) is 3.85. The highest BCUT2D eigenvalue weighted by atomic mass is 79.9. The summed E-state index contributed by atoms with van der Waals surface area (Å²) in [6.07, 6.45) is 1.53. The highest BCUT2D eigenvalue weighted by Crippen LogP contribution is 2.27. The van der Waals surface area contributed by atoms with Crippen molar-refractivity contribution in [3.63, 3.8) is 0 Å². The second-order valence-corrected chi connectivity index (χ2v) is 5.04. The summed E-state index contributed by atoms with van der Waals surface area (Å²) in [4.78, 5) is 4.19. The highest BCUT2D eigenvalue weighted by Gasteiger charge is 2.05. The van der Waals surface area contributed by atoms with Gasteiger partial charge in [-0.3, -0.25) is 0 Å². The summed E-state index contributed by atoms with van der Waals surface area (Å²) in [5.74, 6) is 0.666. The van der Waals surface area contributed by atoms with Crippen molar-refractivity contribution in [3.05, 3.63) is 51.1 Å². The molecule has 0 fully saturated rings. The number of nitrogens with one attached hydrogen (secondary N) is 1. The van der Waals surface area contributed by atoms with E-state index in [4.69, 9.17) is 16.9 Å². The summed E-state index contributed by atoms with van der Waals surface area (Å²) in [5, 5.41) is 12.7. The molecule has 1 aromatic heterocycles. The van der Waals surface area contributed by atoms with Crippen molar-refractivity contribution in [2.75, 3.05) is 5.32 Å². The Labute approximate surface area is 119 Å². The molecule has 2 rings (SSSR count). The molecule has 0 unspecified atom stereocenters. The maximum Gasteiger partial charge on any atom is 0.144 e. The van der Waals surface area contributed by atoms with Crippen LogP contribution in [0.1, 0.15) is 11.1 Å². The minimum atomic E-state index is 0.514. The van der Waals surface area contributed by atoms with Crippen LogP contribution < -0.4 is 5.32 Å². The molecular weight excluding hydrogens is 314 g/mol. The molecule has 0 atom stereocenters. The molecule has 1 N–H and O–H groups in total. The van der Waals surface area contributed by atoms with Crippen LogP contribution in [0, 0.1) is 18.3 Å². The standard InChI is InChI=1S/C13H9BrClN3/c1-8-4-10(15)2-3-12(8)18-13-11(14)5-9(6-16)7-17-13/h2-5,7H,1H3,(H,17,18). The largest absolute Gasteiger partial charge is 0.339 e. The molecule has 0 saturated carbocycles. The van der Waals surface area contributed by atoms with E-state index in [-0.39, 0.29) is 0 Å². The molecule has 2 aromatic rings. The number of halogens is 2. The van der Waals surface area contributed by atoms with Gasteiger partial charge in [0.1, 0.15) is 11.9 Å². The lowest BCUT2D eigenvalue weighted by molar-refractivity contribution is 1.26. The second-order valence-electron chi connectivity index (χ2n) is 3.75. The molecule has 3 nitrogen and oxygen atoms in total. The maximum atomic E-state index is 8.77. The van der Waals surface area contributed by atoms with Crippen LogP contribution >= 0.6 is 27.5 Å². The minimum absolute atomic E-state index is 0.514. The van der Waals surface area contributed by atoms with E-state index in [0.717, 1.165) is 15.7 Å². The van der Waals surface area contributed by atoms with Crippen molar-refractivity contribution in [2.45, 2.75) is 6.92 Å². The number of nitrogens with zero attached hydrogens (tertiary/aromatic N) is 2. The quantitative estimate of drug-likeness (QED) is 0.890. The minimum Gasteiger partial charge on any atom is -0.339 e. The van der Waals surface area contributed by atoms with E-state index in [1.807, 2.05) is 31.2 Å². The molecule has 0 aliphatic heterocycles. The van der Waals surface area contributed by atoms with E-state index in [9.17, 15) is 0 Å². The first-order valence-corrected chi connectivity index (χ1v) is 6.36. The van der Waals surface area contributed by atoms with Crippen LogP contribution in [0.15, 0.2) is 34.9 Å². The molecule has 0 amide bonds. The molecule has 0 saturated heterocycles. The van der Waals surface area contributed by atoms with Crippen molar-refractivity contribution < 1.29 is 0 Å². The van der Waals surface area contributed by atoms with Crippen molar-refractivity contribution in [1.82, 2.24) is 4.98 Å². The zero-order chi connectivity index (χ0) is 13.1. The van der Waals surface area contributed by atoms with Gasteiger partial charge in [-0.25, -0.2) is 4.98 Å². The summed E-state index contributed by atoms with van der Waals surface area (Å²) in [6, 6.07) is 9.35. The van der Waals surface area contributed by atoms with Crippen LogP contribution in [0.4, 0.5) is 11.5 Å². The molecule has 0 spiro atoms. The van der Waals surface area contributed by atoms with Crippen LogP contribution in [-0.4, -0.2) is 4.98 Å². The number of nitriles is 1. The summed E-state index contributed by atoms with van der Waals surface area (Å²) in [7, 11) is 0. The third-order valence-corrected chi connectivity index (χ3v) is 3.25. The summed E-state index contributed by atoms with van der Waals surface area (Å²) in [5.41, 5.74) is 2.47. The highest BCUT2D eigenvalue weighted by molar-refractivity contribution is 9.10. The monoisotopic (exact) mass is 321 g/mol. The average Bonchev–Trinajstić information content (AvgIpc) is 2.34. The predicted molar refractivity (Wildman–Crippen MR) is 76.1 cm³/mol. The second kappa shape index (κ2) is 5.38. The summed E-state index contributed by atoms with van der Waals surface area (Å²) in [6.45, 7) is 1.96. The van der Waals surface area contributed by atoms with Crippen molar-refractivity contribution in [2.24, 2.45) is 0 Å². The number of aromatic nitrogens is 1. The number of pyridine rings is 1. The normalized spacial score (nSPS) is 9.89. The molecule has 90 valence electrons. The molecule has 5 heteroatoms. The van der Waals surface area contributed by atoms with Gasteiger partial charge in [-0.05, 0) is 52.7 Å². The van der Waals surface area contributed by atoms with E-state index < -0.39 is 0 Å². The van der Waals surface area contributed by atoms with E-state index in [1.54, 1.807) is 6.07 Å². The maximum absolute atomic E-state index is 8.77. The van der Waals surface area contributed by atoms with Crippen molar-refractivity contribution >= 4 is 39.0 Å². The zero-order valence-electron chi connectivity index (χ0n) is 9.54.